The number of nitrogens with zero attached hydrogens (tertiary/aromatic N) is 2. The molecule has 1 heterocycles. The first-order valence-corrected chi connectivity index (χ1v) is 10.1. The third kappa shape index (κ3) is 6.65. The van der Waals surface area contributed by atoms with E-state index in [1.807, 2.05) is 7.05 Å². The number of ether oxygens (including phenoxy) is 2. The van der Waals surface area contributed by atoms with Crippen molar-refractivity contribution in [3.63, 3.8) is 0 Å². The Morgan fingerprint density at radius 2 is 1.77 bits per heavy atom. The van der Waals surface area contributed by atoms with Crippen molar-refractivity contribution >= 4 is 0 Å². The zero-order valence-corrected chi connectivity index (χ0v) is 17.4. The maximum Gasteiger partial charge on any atom is 0.0699 e. The molecule has 1 fully saturated rings. The Kier molecular flexibility index (Phi) is 8.54. The summed E-state index contributed by atoms with van der Waals surface area (Å²) >= 11 is 0. The van der Waals surface area contributed by atoms with Crippen LogP contribution < -0.4 is 5.32 Å². The lowest BCUT2D eigenvalue weighted by molar-refractivity contribution is -0.0842. The van der Waals surface area contributed by atoms with Crippen LogP contribution in [-0.2, 0) is 16.0 Å². The number of aromatic nitrogens is 2. The van der Waals surface area contributed by atoms with Crippen molar-refractivity contribution in [2.24, 2.45) is 0 Å². The molecule has 0 saturated heterocycles. The Morgan fingerprint density at radius 1 is 1.15 bits per heavy atom. The fourth-order valence-electron chi connectivity index (χ4n) is 3.91. The molecule has 1 saturated carbocycles. The number of hydrogen-bond acceptors (Lipinski definition) is 5. The van der Waals surface area contributed by atoms with Gasteiger partial charge in [-0.15, -0.1) is 0 Å². The van der Waals surface area contributed by atoms with Crippen LogP contribution in [0, 0.1) is 0 Å². The standard InChI is InChI=1S/C20H38N4O2/c1-14(2)25-18-9-16(10-19(11-18)26-15(3)4)20-17(12-22-23-20)13-24(6)8-7-21-5/h12,14-16,18-19,21H,7-11,13H2,1-6H3,(H,22,23). The Morgan fingerprint density at radius 3 is 2.31 bits per heavy atom. The average molecular weight is 367 g/mol. The molecule has 0 aliphatic heterocycles. The average Bonchev–Trinajstić information content (AvgIpc) is 2.99. The highest BCUT2D eigenvalue weighted by atomic mass is 16.5. The van der Waals surface area contributed by atoms with Crippen molar-refractivity contribution in [1.82, 2.24) is 20.4 Å². The molecule has 0 amide bonds. The largest absolute Gasteiger partial charge is 0.375 e. The maximum absolute atomic E-state index is 6.17. The van der Waals surface area contributed by atoms with E-state index in [0.29, 0.717) is 5.92 Å². The van der Waals surface area contributed by atoms with Gasteiger partial charge >= 0.3 is 0 Å². The molecule has 1 aromatic heterocycles. The second-order valence-corrected chi connectivity index (χ2v) is 8.15. The predicted molar refractivity (Wildman–Crippen MR) is 105 cm³/mol. The number of hydrogen-bond donors (Lipinski definition) is 2. The molecule has 26 heavy (non-hydrogen) atoms. The quantitative estimate of drug-likeness (QED) is 0.667. The lowest BCUT2D eigenvalue weighted by Gasteiger charge is -2.36. The molecule has 2 rings (SSSR count). The molecule has 6 heteroatoms. The second kappa shape index (κ2) is 10.4. The highest BCUT2D eigenvalue weighted by Crippen LogP contribution is 2.37. The summed E-state index contributed by atoms with van der Waals surface area (Å²) in [6.07, 6.45) is 6.04. The van der Waals surface area contributed by atoms with Crippen molar-refractivity contribution in [1.29, 1.82) is 0 Å². The summed E-state index contributed by atoms with van der Waals surface area (Å²) < 4.78 is 12.3. The Hall–Kier alpha value is -0.950. The predicted octanol–water partition coefficient (Wildman–Crippen LogP) is 2.92. The van der Waals surface area contributed by atoms with Crippen LogP contribution in [0.3, 0.4) is 0 Å². The number of likely N-dealkylation sites (N-methyl/N-ethyl adjacent to an activating group) is 2. The van der Waals surface area contributed by atoms with Gasteiger partial charge in [0, 0.05) is 37.3 Å². The van der Waals surface area contributed by atoms with Gasteiger partial charge in [0.2, 0.25) is 0 Å². The summed E-state index contributed by atoms with van der Waals surface area (Å²) in [5, 5.41) is 10.9. The summed E-state index contributed by atoms with van der Waals surface area (Å²) in [7, 11) is 4.15. The van der Waals surface area contributed by atoms with E-state index in [4.69, 9.17) is 9.47 Å². The van der Waals surface area contributed by atoms with Gasteiger partial charge in [-0.25, -0.2) is 0 Å². The van der Waals surface area contributed by atoms with Crippen LogP contribution in [0.4, 0.5) is 0 Å². The summed E-state index contributed by atoms with van der Waals surface area (Å²) in [5.74, 6) is 0.384. The normalized spacial score (nSPS) is 24.1. The zero-order chi connectivity index (χ0) is 19.1. The lowest BCUT2D eigenvalue weighted by atomic mass is 9.82. The van der Waals surface area contributed by atoms with E-state index in [1.54, 1.807) is 0 Å². The molecular weight excluding hydrogens is 328 g/mol. The molecule has 1 aliphatic rings. The third-order valence-electron chi connectivity index (χ3n) is 4.87. The first-order valence-electron chi connectivity index (χ1n) is 10.1. The number of H-pyrrole nitrogens is 1. The van der Waals surface area contributed by atoms with Gasteiger partial charge in [0.1, 0.15) is 0 Å². The summed E-state index contributed by atoms with van der Waals surface area (Å²) in [5.41, 5.74) is 2.48. The van der Waals surface area contributed by atoms with Gasteiger partial charge in [0.15, 0.2) is 0 Å². The van der Waals surface area contributed by atoms with Crippen LogP contribution in [0.2, 0.25) is 0 Å². The van der Waals surface area contributed by atoms with E-state index < -0.39 is 0 Å². The molecule has 2 N–H and O–H groups in total. The Labute approximate surface area is 159 Å². The summed E-state index contributed by atoms with van der Waals surface area (Å²) in [4.78, 5) is 2.33. The minimum Gasteiger partial charge on any atom is -0.375 e. The van der Waals surface area contributed by atoms with E-state index in [9.17, 15) is 0 Å². The zero-order valence-electron chi connectivity index (χ0n) is 17.4. The van der Waals surface area contributed by atoms with Crippen molar-refractivity contribution in [3.05, 3.63) is 17.5 Å². The van der Waals surface area contributed by atoms with Crippen LogP contribution in [0.5, 0.6) is 0 Å². The van der Waals surface area contributed by atoms with Crippen molar-refractivity contribution < 1.29 is 9.47 Å². The molecule has 0 radical (unpaired) electrons. The topological polar surface area (TPSA) is 62.4 Å². The molecule has 6 nitrogen and oxygen atoms in total. The molecule has 0 aromatic carbocycles. The SMILES string of the molecule is CNCCN(C)Cc1c[nH]nc1C1CC(OC(C)C)CC(OC(C)C)C1. The van der Waals surface area contributed by atoms with E-state index in [1.165, 1.54) is 11.3 Å². The molecule has 2 atom stereocenters. The van der Waals surface area contributed by atoms with Crippen LogP contribution in [-0.4, -0.2) is 66.7 Å². The summed E-state index contributed by atoms with van der Waals surface area (Å²) in [6, 6.07) is 0. The van der Waals surface area contributed by atoms with Crippen LogP contribution in [0.15, 0.2) is 6.20 Å². The van der Waals surface area contributed by atoms with Crippen molar-refractivity contribution in [2.75, 3.05) is 27.2 Å². The van der Waals surface area contributed by atoms with Gasteiger partial charge in [-0.3, -0.25) is 5.10 Å². The minimum atomic E-state index is 0.240. The van der Waals surface area contributed by atoms with Crippen molar-refractivity contribution in [3.8, 4) is 0 Å². The lowest BCUT2D eigenvalue weighted by Crippen LogP contribution is -2.35. The van der Waals surface area contributed by atoms with Gasteiger partial charge < -0.3 is 19.7 Å². The Bertz CT molecular complexity index is 500. The molecular formula is C20H38N4O2. The third-order valence-corrected chi connectivity index (χ3v) is 4.87. The van der Waals surface area contributed by atoms with E-state index in [-0.39, 0.29) is 24.4 Å². The number of aromatic amines is 1. The van der Waals surface area contributed by atoms with Gasteiger partial charge in [-0.05, 0) is 61.1 Å². The molecule has 150 valence electrons. The highest BCUT2D eigenvalue weighted by Gasteiger charge is 2.34. The van der Waals surface area contributed by atoms with Crippen molar-refractivity contribution in [2.45, 2.75) is 83.8 Å². The summed E-state index contributed by atoms with van der Waals surface area (Å²) in [6.45, 7) is 11.4. The van der Waals surface area contributed by atoms with Gasteiger partial charge in [-0.2, -0.15) is 5.10 Å². The van der Waals surface area contributed by atoms with E-state index >= 15 is 0 Å². The molecule has 0 bridgehead atoms. The Balaban J connectivity index is 2.08. The molecule has 1 aliphatic carbocycles. The maximum atomic E-state index is 6.17. The van der Waals surface area contributed by atoms with Crippen LogP contribution >= 0.6 is 0 Å². The first-order chi connectivity index (χ1) is 12.4. The number of nitrogens with one attached hydrogen (secondary N) is 2. The monoisotopic (exact) mass is 366 g/mol. The molecule has 2 unspecified atom stereocenters. The van der Waals surface area contributed by atoms with Gasteiger partial charge in [0.05, 0.1) is 30.1 Å². The van der Waals surface area contributed by atoms with E-state index in [0.717, 1.165) is 38.9 Å². The molecule has 1 aromatic rings. The smallest absolute Gasteiger partial charge is 0.0699 e. The molecule has 0 spiro atoms. The van der Waals surface area contributed by atoms with E-state index in [2.05, 4.69) is 61.4 Å². The van der Waals surface area contributed by atoms with Gasteiger partial charge in [0.25, 0.3) is 0 Å². The minimum absolute atomic E-state index is 0.240. The fourth-order valence-corrected chi connectivity index (χ4v) is 3.91. The second-order valence-electron chi connectivity index (χ2n) is 8.15. The van der Waals surface area contributed by atoms with Gasteiger partial charge in [-0.1, -0.05) is 0 Å². The first kappa shape index (κ1) is 21.4. The van der Waals surface area contributed by atoms with Crippen LogP contribution in [0.25, 0.3) is 0 Å². The highest BCUT2D eigenvalue weighted by molar-refractivity contribution is 5.22. The number of rotatable bonds is 10. The van der Waals surface area contributed by atoms with Crippen LogP contribution in [0.1, 0.15) is 64.1 Å². The fraction of sp³-hybridized carbons (Fsp3) is 0.850.